The Morgan fingerprint density at radius 1 is 0.892 bits per heavy atom. The number of nitrogens with one attached hydrogen (secondary N) is 6. The van der Waals surface area contributed by atoms with Crippen molar-refractivity contribution in [3.05, 3.63) is 59.5 Å². The molecule has 2 amide bonds. The van der Waals surface area contributed by atoms with E-state index in [2.05, 4.69) is 42.1 Å². The fourth-order valence-corrected chi connectivity index (χ4v) is 4.12. The number of hydrogen-bond donors (Lipinski definition) is 6. The van der Waals surface area contributed by atoms with E-state index in [1.807, 2.05) is 36.4 Å². The van der Waals surface area contributed by atoms with E-state index in [0.29, 0.717) is 24.5 Å². The van der Waals surface area contributed by atoms with E-state index >= 15 is 0 Å². The highest BCUT2D eigenvalue weighted by Crippen LogP contribution is 2.31. The second-order valence-electron chi connectivity index (χ2n) is 8.52. The van der Waals surface area contributed by atoms with Crippen LogP contribution in [0.25, 0.3) is 0 Å². The van der Waals surface area contributed by atoms with Crippen LogP contribution in [0.3, 0.4) is 0 Å². The lowest BCUT2D eigenvalue weighted by Crippen LogP contribution is -2.40. The van der Waals surface area contributed by atoms with Gasteiger partial charge in [-0.1, -0.05) is 12.1 Å². The summed E-state index contributed by atoms with van der Waals surface area (Å²) >= 11 is 0. The Labute approximate surface area is 212 Å². The van der Waals surface area contributed by atoms with E-state index in [1.165, 1.54) is 0 Å². The molecule has 0 saturated carbocycles. The highest BCUT2D eigenvalue weighted by atomic mass is 19.1. The summed E-state index contributed by atoms with van der Waals surface area (Å²) in [6.07, 6.45) is 1.09. The van der Waals surface area contributed by atoms with Gasteiger partial charge in [0.05, 0.1) is 17.6 Å². The number of hydrogen-bond acceptors (Lipinski definition) is 10. The highest BCUT2D eigenvalue weighted by molar-refractivity contribution is 5.83. The number of aromatic nitrogens is 2. The van der Waals surface area contributed by atoms with Gasteiger partial charge >= 0.3 is 0 Å². The number of carbonyl (C=O) groups excluding carboxylic acids is 2. The summed E-state index contributed by atoms with van der Waals surface area (Å²) in [6.45, 7) is 1.54. The molecule has 0 aliphatic carbocycles. The van der Waals surface area contributed by atoms with Crippen LogP contribution < -0.4 is 42.1 Å². The van der Waals surface area contributed by atoms with Gasteiger partial charge in [0.25, 0.3) is 0 Å². The maximum absolute atomic E-state index is 14.6. The molecule has 2 aliphatic heterocycles. The van der Waals surface area contributed by atoms with Crippen molar-refractivity contribution < 1.29 is 14.0 Å². The molecule has 0 spiro atoms. The van der Waals surface area contributed by atoms with Crippen LogP contribution >= 0.6 is 0 Å². The molecule has 0 fully saturated rings. The van der Waals surface area contributed by atoms with Gasteiger partial charge in [0.15, 0.2) is 11.6 Å². The van der Waals surface area contributed by atoms with Crippen molar-refractivity contribution in [3.8, 4) is 0 Å². The summed E-state index contributed by atoms with van der Waals surface area (Å²) in [5, 5.41) is 14.9. The Balaban J connectivity index is 1.32. The molecular weight excluding hydrogens is 479 g/mol. The van der Waals surface area contributed by atoms with Gasteiger partial charge in [-0.3, -0.25) is 19.6 Å². The first kappa shape index (κ1) is 24.2. The van der Waals surface area contributed by atoms with Crippen LogP contribution in [-0.4, -0.2) is 49.0 Å². The van der Waals surface area contributed by atoms with Crippen LogP contribution in [0.4, 0.5) is 38.9 Å². The average molecular weight is 507 g/mol. The molecule has 3 aromatic rings. The lowest BCUT2D eigenvalue weighted by Gasteiger charge is -2.19. The van der Waals surface area contributed by atoms with Gasteiger partial charge in [-0.25, -0.2) is 20.2 Å². The maximum Gasteiger partial charge on any atom is 0.240 e. The fourth-order valence-electron chi connectivity index (χ4n) is 4.12. The first-order valence-electron chi connectivity index (χ1n) is 11.7. The third-order valence-electron chi connectivity index (χ3n) is 6.10. The molecule has 0 atom stereocenters. The van der Waals surface area contributed by atoms with Crippen molar-refractivity contribution in [2.75, 3.05) is 47.8 Å². The van der Waals surface area contributed by atoms with E-state index in [-0.39, 0.29) is 36.7 Å². The van der Waals surface area contributed by atoms with E-state index in [1.54, 1.807) is 24.1 Å². The summed E-state index contributed by atoms with van der Waals surface area (Å²) in [7, 11) is 3.18. The zero-order chi connectivity index (χ0) is 25.9. The lowest BCUT2D eigenvalue weighted by molar-refractivity contribution is -0.120. The largest absolute Gasteiger partial charge is 0.358 e. The molecule has 192 valence electrons. The summed E-state index contributed by atoms with van der Waals surface area (Å²) in [4.78, 5) is 32.0. The van der Waals surface area contributed by atoms with Gasteiger partial charge in [0.1, 0.15) is 13.1 Å². The molecule has 5 rings (SSSR count). The minimum absolute atomic E-state index is 0.00493. The van der Waals surface area contributed by atoms with E-state index < -0.39 is 5.82 Å². The van der Waals surface area contributed by atoms with Crippen molar-refractivity contribution in [2.24, 2.45) is 0 Å². The molecule has 6 N–H and O–H groups in total. The lowest BCUT2D eigenvalue weighted by atomic mass is 10.1. The van der Waals surface area contributed by atoms with Crippen molar-refractivity contribution in [3.63, 3.8) is 0 Å². The Hall–Kier alpha value is -4.49. The number of benzene rings is 2. The van der Waals surface area contributed by atoms with Gasteiger partial charge in [-0.05, 0) is 35.4 Å². The van der Waals surface area contributed by atoms with Gasteiger partial charge in [0, 0.05) is 38.6 Å². The quantitative estimate of drug-likeness (QED) is 0.265. The zero-order valence-corrected chi connectivity index (χ0v) is 20.4. The second kappa shape index (κ2) is 10.2. The predicted molar refractivity (Wildman–Crippen MR) is 138 cm³/mol. The number of hydrazine groups is 2. The topological polar surface area (TPSA) is 139 Å². The van der Waals surface area contributed by atoms with Crippen LogP contribution in [0.2, 0.25) is 0 Å². The van der Waals surface area contributed by atoms with Gasteiger partial charge in [-0.15, -0.1) is 0 Å². The predicted octanol–water partition coefficient (Wildman–Crippen LogP) is 1.24. The number of fused-ring (bicyclic) bond motifs is 2. The number of anilines is 6. The van der Waals surface area contributed by atoms with Crippen LogP contribution in [0.15, 0.2) is 42.6 Å². The molecule has 0 radical (unpaired) electrons. The molecule has 3 heterocycles. The smallest absolute Gasteiger partial charge is 0.240 e. The second-order valence-corrected chi connectivity index (χ2v) is 8.52. The molecular formula is C24H27FN10O2. The van der Waals surface area contributed by atoms with Crippen LogP contribution in [-0.2, 0) is 22.7 Å². The highest BCUT2D eigenvalue weighted by Gasteiger charge is 2.22. The number of nitrogens with zero attached hydrogens (tertiary/aromatic N) is 4. The number of carbonyl (C=O) groups is 2. The van der Waals surface area contributed by atoms with E-state index in [0.717, 1.165) is 28.7 Å². The molecule has 0 unspecified atom stereocenters. The maximum atomic E-state index is 14.6. The summed E-state index contributed by atoms with van der Waals surface area (Å²) < 4.78 is 14.6. The summed E-state index contributed by atoms with van der Waals surface area (Å²) in [6, 6.07) is 11.3. The molecule has 12 nitrogen and oxygen atoms in total. The summed E-state index contributed by atoms with van der Waals surface area (Å²) in [5.74, 6) is -0.644. The van der Waals surface area contributed by atoms with E-state index in [4.69, 9.17) is 0 Å². The molecule has 13 heteroatoms. The van der Waals surface area contributed by atoms with E-state index in [9.17, 15) is 14.0 Å². The molecule has 2 aromatic carbocycles. The normalized spacial score (nSPS) is 13.7. The molecule has 2 aliphatic rings. The first-order chi connectivity index (χ1) is 17.9. The van der Waals surface area contributed by atoms with Gasteiger partial charge < -0.3 is 21.3 Å². The average Bonchev–Trinajstić information content (AvgIpc) is 3.49. The SMILES string of the molecule is CNC(=O)CN1NCc2ccc(Nc3ncc(F)c(Nc4ccc5c(c4)N(CC(=O)NC)NC5)n3)cc21. The number of rotatable bonds is 8. The Bertz CT molecular complexity index is 1350. The Morgan fingerprint density at radius 2 is 1.43 bits per heavy atom. The summed E-state index contributed by atoms with van der Waals surface area (Å²) in [5.41, 5.74) is 11.4. The Kier molecular flexibility index (Phi) is 6.70. The van der Waals surface area contributed by atoms with Gasteiger partial charge in [-0.2, -0.15) is 4.98 Å². The minimum atomic E-state index is -0.610. The third kappa shape index (κ3) is 5.22. The van der Waals surface area contributed by atoms with Crippen molar-refractivity contribution in [1.82, 2.24) is 31.5 Å². The standard InChI is InChI=1S/C24H27FN10O2/c1-26-21(36)12-34-19-7-16(5-3-14(19)9-29-34)31-23-18(25)11-28-24(33-23)32-17-6-4-15-10-30-35(20(15)8-17)13-22(37)27-2/h3-8,11,29-30H,9-10,12-13H2,1-2H3,(H,26,36)(H,27,37)(H2,28,31,32,33). The van der Waals surface area contributed by atoms with Crippen LogP contribution in [0.5, 0.6) is 0 Å². The molecule has 37 heavy (non-hydrogen) atoms. The zero-order valence-electron chi connectivity index (χ0n) is 20.4. The molecule has 0 bridgehead atoms. The third-order valence-corrected chi connectivity index (χ3v) is 6.10. The van der Waals surface area contributed by atoms with Crippen molar-refractivity contribution in [2.45, 2.75) is 13.1 Å². The van der Waals surface area contributed by atoms with Crippen molar-refractivity contribution >= 4 is 46.3 Å². The number of amides is 2. The number of halogens is 1. The van der Waals surface area contributed by atoms with Crippen LogP contribution in [0.1, 0.15) is 11.1 Å². The minimum Gasteiger partial charge on any atom is -0.358 e. The van der Waals surface area contributed by atoms with Crippen molar-refractivity contribution in [1.29, 1.82) is 0 Å². The van der Waals surface area contributed by atoms with Crippen LogP contribution in [0, 0.1) is 5.82 Å². The Morgan fingerprint density at radius 3 is 1.97 bits per heavy atom. The number of likely N-dealkylation sites (N-methyl/N-ethyl adjacent to an activating group) is 2. The molecule has 1 aromatic heterocycles. The first-order valence-corrected chi connectivity index (χ1v) is 11.7. The monoisotopic (exact) mass is 506 g/mol. The van der Waals surface area contributed by atoms with Gasteiger partial charge in [0.2, 0.25) is 17.8 Å². The fraction of sp³-hybridized carbons (Fsp3) is 0.250. The molecule has 0 saturated heterocycles.